The van der Waals surface area contributed by atoms with E-state index in [4.69, 9.17) is 19.4 Å². The fraction of sp³-hybridized carbons (Fsp3) is 0.0156. The van der Waals surface area contributed by atoms with Crippen molar-refractivity contribution in [3.8, 4) is 89.8 Å². The van der Waals surface area contributed by atoms with Gasteiger partial charge in [0.1, 0.15) is 11.2 Å². The van der Waals surface area contributed by atoms with Gasteiger partial charge in [0.2, 0.25) is 0 Å². The van der Waals surface area contributed by atoms with Crippen LogP contribution in [0.3, 0.4) is 0 Å². The summed E-state index contributed by atoms with van der Waals surface area (Å²) >= 11 is 0. The number of benzene rings is 10. The van der Waals surface area contributed by atoms with Gasteiger partial charge in [-0.25, -0.2) is 15.0 Å². The number of fused-ring (bicyclic) bond motifs is 13. The van der Waals surface area contributed by atoms with Crippen molar-refractivity contribution in [1.29, 1.82) is 0 Å². The van der Waals surface area contributed by atoms with Gasteiger partial charge in [0, 0.05) is 27.5 Å². The Bertz CT molecular complexity index is 3920. The van der Waals surface area contributed by atoms with Crippen molar-refractivity contribution in [2.24, 2.45) is 0 Å². The van der Waals surface area contributed by atoms with Crippen molar-refractivity contribution >= 4 is 21.9 Å². The summed E-state index contributed by atoms with van der Waals surface area (Å²) in [7, 11) is 0. The third-order valence-electron chi connectivity index (χ3n) is 14.2. The molecule has 0 unspecified atom stereocenters. The lowest BCUT2D eigenvalue weighted by molar-refractivity contribution is 0.669. The van der Waals surface area contributed by atoms with Crippen LogP contribution in [0, 0.1) is 0 Å². The van der Waals surface area contributed by atoms with Crippen molar-refractivity contribution in [3.63, 3.8) is 0 Å². The number of aromatic nitrogens is 3. The molecule has 0 fully saturated rings. The Balaban J connectivity index is 0.850. The summed E-state index contributed by atoms with van der Waals surface area (Å²) in [5.74, 6) is 1.81. The lowest BCUT2D eigenvalue weighted by Gasteiger charge is -2.30. The van der Waals surface area contributed by atoms with E-state index in [1.165, 1.54) is 55.6 Å². The molecule has 316 valence electrons. The van der Waals surface area contributed by atoms with Gasteiger partial charge in [-0.2, -0.15) is 0 Å². The molecule has 4 heteroatoms. The lowest BCUT2D eigenvalue weighted by Crippen LogP contribution is -2.25. The molecular formula is C64H39N3O. The molecule has 2 aliphatic rings. The minimum absolute atomic E-state index is 0.345. The highest BCUT2D eigenvalue weighted by Gasteiger charge is 2.51. The normalized spacial score (nSPS) is 12.8. The number of hydrogen-bond acceptors (Lipinski definition) is 4. The molecule has 0 bridgehead atoms. The molecule has 0 saturated carbocycles. The predicted molar refractivity (Wildman–Crippen MR) is 276 cm³/mol. The Hall–Kier alpha value is -8.99. The van der Waals surface area contributed by atoms with Crippen LogP contribution < -0.4 is 0 Å². The molecule has 4 nitrogen and oxygen atoms in total. The summed E-state index contributed by atoms with van der Waals surface area (Å²) in [6, 6.07) is 84.6. The maximum absolute atomic E-state index is 6.54. The second kappa shape index (κ2) is 15.0. The molecular weight excluding hydrogens is 827 g/mol. The zero-order valence-electron chi connectivity index (χ0n) is 36.8. The van der Waals surface area contributed by atoms with Crippen LogP contribution in [-0.4, -0.2) is 15.0 Å². The van der Waals surface area contributed by atoms with E-state index in [9.17, 15) is 0 Å². The highest BCUT2D eigenvalue weighted by molar-refractivity contribution is 6.13. The third-order valence-corrected chi connectivity index (χ3v) is 14.2. The Kier molecular flexibility index (Phi) is 8.46. The van der Waals surface area contributed by atoms with Crippen molar-refractivity contribution in [2.75, 3.05) is 0 Å². The first-order valence-electron chi connectivity index (χ1n) is 23.2. The molecule has 0 radical (unpaired) electrons. The number of hydrogen-bond donors (Lipinski definition) is 0. The van der Waals surface area contributed by atoms with Gasteiger partial charge in [-0.1, -0.05) is 206 Å². The topological polar surface area (TPSA) is 51.8 Å². The minimum Gasteiger partial charge on any atom is -0.456 e. The van der Waals surface area contributed by atoms with E-state index in [0.717, 1.165) is 60.9 Å². The Morgan fingerprint density at radius 1 is 0.265 bits per heavy atom. The average Bonchev–Trinajstić information content (AvgIpc) is 4.05. The van der Waals surface area contributed by atoms with Crippen LogP contribution in [0.15, 0.2) is 241 Å². The quantitative estimate of drug-likeness (QED) is 0.167. The number of furan rings is 1. The summed E-state index contributed by atoms with van der Waals surface area (Å²) in [6.07, 6.45) is 0. The minimum atomic E-state index is -0.345. The largest absolute Gasteiger partial charge is 0.456 e. The third kappa shape index (κ3) is 5.77. The number of nitrogens with zero attached hydrogens (tertiary/aromatic N) is 3. The van der Waals surface area contributed by atoms with Crippen molar-refractivity contribution in [1.82, 2.24) is 15.0 Å². The van der Waals surface area contributed by atoms with Gasteiger partial charge in [0.25, 0.3) is 0 Å². The molecule has 2 aliphatic carbocycles. The van der Waals surface area contributed by atoms with Crippen LogP contribution >= 0.6 is 0 Å². The van der Waals surface area contributed by atoms with E-state index in [0.29, 0.717) is 17.5 Å². The van der Waals surface area contributed by atoms with Gasteiger partial charge in [0.05, 0.1) is 5.41 Å². The monoisotopic (exact) mass is 865 g/mol. The summed E-state index contributed by atoms with van der Waals surface area (Å²) < 4.78 is 6.54. The fourth-order valence-electron chi connectivity index (χ4n) is 11.1. The second-order valence-corrected chi connectivity index (χ2v) is 17.8. The molecule has 0 amide bonds. The van der Waals surface area contributed by atoms with Gasteiger partial charge >= 0.3 is 0 Å². The predicted octanol–water partition coefficient (Wildman–Crippen LogP) is 16.1. The smallest absolute Gasteiger partial charge is 0.164 e. The van der Waals surface area contributed by atoms with Crippen molar-refractivity contribution < 1.29 is 4.42 Å². The second-order valence-electron chi connectivity index (χ2n) is 17.8. The van der Waals surface area contributed by atoms with Gasteiger partial charge in [-0.15, -0.1) is 0 Å². The molecule has 14 rings (SSSR count). The first-order chi connectivity index (χ1) is 33.7. The maximum atomic E-state index is 6.54. The Morgan fingerprint density at radius 3 is 1.38 bits per heavy atom. The van der Waals surface area contributed by atoms with Gasteiger partial charge in [0.15, 0.2) is 17.5 Å². The van der Waals surface area contributed by atoms with Crippen LogP contribution in [-0.2, 0) is 5.41 Å². The molecule has 12 aromatic rings. The molecule has 2 aromatic heterocycles. The van der Waals surface area contributed by atoms with Crippen LogP contribution in [0.25, 0.3) is 112 Å². The average molecular weight is 866 g/mol. The lowest BCUT2D eigenvalue weighted by atomic mass is 9.70. The summed E-state index contributed by atoms with van der Waals surface area (Å²) in [4.78, 5) is 15.4. The maximum Gasteiger partial charge on any atom is 0.164 e. The van der Waals surface area contributed by atoms with E-state index < -0.39 is 0 Å². The fourth-order valence-corrected chi connectivity index (χ4v) is 11.1. The van der Waals surface area contributed by atoms with Gasteiger partial charge in [-0.3, -0.25) is 0 Å². The molecule has 0 atom stereocenters. The highest BCUT2D eigenvalue weighted by atomic mass is 16.3. The van der Waals surface area contributed by atoms with E-state index in [-0.39, 0.29) is 5.41 Å². The van der Waals surface area contributed by atoms with Crippen LogP contribution in [0.5, 0.6) is 0 Å². The summed E-state index contributed by atoms with van der Waals surface area (Å²) in [6.45, 7) is 0. The standard InChI is InChI=1S/C64H39N3O/c1-3-15-40(16-4-1)44-19-13-20-47(37-44)62-65-61(43-17-5-2-6-18-43)66-63(67-62)51-24-14-28-59-60(51)53-39-46(34-36-58(53)68-59)42-31-29-41(30-32-42)45-33-35-57-52(38-45)50-23-9-12-27-56(50)64(57)54-25-10-7-21-48(54)49-22-8-11-26-55(49)64/h1-39H. The van der Waals surface area contributed by atoms with Gasteiger partial charge < -0.3 is 4.42 Å². The summed E-state index contributed by atoms with van der Waals surface area (Å²) in [5.41, 5.74) is 21.5. The highest BCUT2D eigenvalue weighted by Crippen LogP contribution is 2.63. The Labute approximate surface area is 393 Å². The first-order valence-corrected chi connectivity index (χ1v) is 23.2. The van der Waals surface area contributed by atoms with E-state index >= 15 is 0 Å². The van der Waals surface area contributed by atoms with Crippen LogP contribution in [0.1, 0.15) is 22.3 Å². The van der Waals surface area contributed by atoms with E-state index in [1.807, 2.05) is 48.5 Å². The molecule has 0 N–H and O–H groups in total. The molecule has 10 aromatic carbocycles. The number of rotatable bonds is 6. The molecule has 0 saturated heterocycles. The van der Waals surface area contributed by atoms with Crippen LogP contribution in [0.4, 0.5) is 0 Å². The Morgan fingerprint density at radius 2 is 0.706 bits per heavy atom. The zero-order chi connectivity index (χ0) is 44.8. The van der Waals surface area contributed by atoms with Crippen molar-refractivity contribution in [3.05, 3.63) is 259 Å². The molecule has 68 heavy (non-hydrogen) atoms. The molecule has 1 spiro atoms. The molecule has 2 heterocycles. The van der Waals surface area contributed by atoms with Crippen LogP contribution in [0.2, 0.25) is 0 Å². The van der Waals surface area contributed by atoms with E-state index in [2.05, 4.69) is 188 Å². The van der Waals surface area contributed by atoms with Gasteiger partial charge in [-0.05, 0) is 108 Å². The SMILES string of the molecule is c1ccc(-c2cccc(-c3nc(-c4ccccc4)nc(-c4cccc5oc6ccc(-c7ccc(-c8ccc9c(c8)-c8ccccc8C98c9ccccc9-c9ccccc98)cc7)cc6c45)n3)c2)cc1. The first kappa shape index (κ1) is 38.3. The zero-order valence-corrected chi connectivity index (χ0v) is 36.8. The van der Waals surface area contributed by atoms with E-state index in [1.54, 1.807) is 0 Å². The van der Waals surface area contributed by atoms with Crippen molar-refractivity contribution in [2.45, 2.75) is 5.41 Å². The molecule has 0 aliphatic heterocycles. The summed E-state index contributed by atoms with van der Waals surface area (Å²) in [5, 5.41) is 1.98.